The molecule has 18 heavy (non-hydrogen) atoms. The third-order valence-electron chi connectivity index (χ3n) is 3.37. The Hall–Kier alpha value is -2.29. The van der Waals surface area contributed by atoms with Crippen molar-refractivity contribution in [3.05, 3.63) is 60.0 Å². The lowest BCUT2D eigenvalue weighted by Crippen LogP contribution is -2.26. The fourth-order valence-corrected chi connectivity index (χ4v) is 2.50. The maximum atomic E-state index is 12.0. The summed E-state index contributed by atoms with van der Waals surface area (Å²) in [5.74, 6) is 0.987. The fourth-order valence-electron chi connectivity index (χ4n) is 2.50. The molecule has 0 radical (unpaired) electrons. The fraction of sp³-hybridized carbons (Fsp3) is 0.133. The molecule has 0 aromatic heterocycles. The van der Waals surface area contributed by atoms with Crippen LogP contribution in [-0.4, -0.2) is 19.9 Å². The van der Waals surface area contributed by atoms with Crippen LogP contribution in [0.2, 0.25) is 0 Å². The molecule has 0 saturated heterocycles. The zero-order valence-corrected chi connectivity index (χ0v) is 10.4. The second kappa shape index (κ2) is 3.88. The summed E-state index contributed by atoms with van der Waals surface area (Å²) in [6.45, 7) is 0. The van der Waals surface area contributed by atoms with Gasteiger partial charge in [0.15, 0.2) is 5.78 Å². The van der Waals surface area contributed by atoms with Gasteiger partial charge in [-0.25, -0.2) is 0 Å². The number of hydrogen-bond donors (Lipinski definition) is 0. The second-order valence-corrected chi connectivity index (χ2v) is 4.43. The van der Waals surface area contributed by atoms with E-state index in [1.807, 2.05) is 38.4 Å². The first kappa shape index (κ1) is 10.8. The first-order valence-electron chi connectivity index (χ1n) is 5.90. The third kappa shape index (κ3) is 1.40. The molecule has 0 spiro atoms. The van der Waals surface area contributed by atoms with Crippen molar-refractivity contribution in [1.29, 1.82) is 0 Å². The third-order valence-corrected chi connectivity index (χ3v) is 3.37. The van der Waals surface area contributed by atoms with Crippen molar-refractivity contribution in [3.8, 4) is 0 Å². The van der Waals surface area contributed by atoms with E-state index < -0.39 is 0 Å². The van der Waals surface area contributed by atoms with Gasteiger partial charge in [0.25, 0.3) is 0 Å². The molecule has 90 valence electrons. The summed E-state index contributed by atoms with van der Waals surface area (Å²) >= 11 is 0. The zero-order chi connectivity index (χ0) is 12.7. The molecule has 1 aromatic carbocycles. The van der Waals surface area contributed by atoms with Crippen molar-refractivity contribution < 1.29 is 4.79 Å². The zero-order valence-electron chi connectivity index (χ0n) is 10.4. The Morgan fingerprint density at radius 3 is 2.00 bits per heavy atom. The van der Waals surface area contributed by atoms with Crippen molar-refractivity contribution >= 4 is 17.2 Å². The number of hydrogen-bond acceptors (Lipinski definition) is 3. The Balaban J connectivity index is 2.17. The van der Waals surface area contributed by atoms with E-state index in [1.54, 1.807) is 12.2 Å². The molecule has 0 atom stereocenters. The molecule has 0 N–H and O–H groups in total. The van der Waals surface area contributed by atoms with E-state index in [0.29, 0.717) is 0 Å². The highest BCUT2D eigenvalue weighted by atomic mass is 16.1. The average molecular weight is 238 g/mol. The largest absolute Gasteiger partial charge is 0.328 e. The molecule has 1 aliphatic heterocycles. The van der Waals surface area contributed by atoms with Gasteiger partial charge in [-0.2, -0.15) is 0 Å². The van der Waals surface area contributed by atoms with Gasteiger partial charge in [-0.1, -0.05) is 24.3 Å². The van der Waals surface area contributed by atoms with E-state index in [2.05, 4.69) is 21.9 Å². The Kier molecular flexibility index (Phi) is 2.33. The lowest BCUT2D eigenvalue weighted by Gasteiger charge is -2.21. The van der Waals surface area contributed by atoms with Crippen LogP contribution in [0.15, 0.2) is 60.0 Å². The minimum Gasteiger partial charge on any atom is -0.328 e. The van der Waals surface area contributed by atoms with Gasteiger partial charge in [-0.05, 0) is 24.3 Å². The van der Waals surface area contributed by atoms with Crippen molar-refractivity contribution in [2.75, 3.05) is 23.9 Å². The van der Waals surface area contributed by atoms with Gasteiger partial charge in [0, 0.05) is 14.1 Å². The second-order valence-electron chi connectivity index (χ2n) is 4.43. The van der Waals surface area contributed by atoms with Gasteiger partial charge in [-0.3, -0.25) is 4.79 Å². The molecule has 2 aliphatic rings. The molecule has 3 rings (SSSR count). The normalized spacial score (nSPS) is 17.8. The average Bonchev–Trinajstić information content (AvgIpc) is 2.64. The minimum absolute atomic E-state index is 0.0546. The van der Waals surface area contributed by atoms with Gasteiger partial charge in [0.05, 0.1) is 16.9 Å². The smallest absolute Gasteiger partial charge is 0.189 e. The maximum Gasteiger partial charge on any atom is 0.189 e. The SMILES string of the molecule is CN1C(=C2C=CC=CC2=O)N(C)c2ccccc21. The van der Waals surface area contributed by atoms with Gasteiger partial charge in [0.2, 0.25) is 0 Å². The number of benzene rings is 1. The molecule has 0 unspecified atom stereocenters. The van der Waals surface area contributed by atoms with Gasteiger partial charge in [0.1, 0.15) is 5.82 Å². The number of carbonyl (C=O) groups excluding carboxylic acids is 1. The quantitative estimate of drug-likeness (QED) is 0.649. The van der Waals surface area contributed by atoms with Crippen molar-refractivity contribution in [3.63, 3.8) is 0 Å². The summed E-state index contributed by atoms with van der Waals surface area (Å²) < 4.78 is 0. The Bertz CT molecular complexity index is 580. The van der Waals surface area contributed by atoms with Crippen LogP contribution < -0.4 is 9.80 Å². The summed E-state index contributed by atoms with van der Waals surface area (Å²) in [6.07, 6.45) is 7.15. The lowest BCUT2D eigenvalue weighted by molar-refractivity contribution is -0.111. The van der Waals surface area contributed by atoms with E-state index in [9.17, 15) is 4.79 Å². The lowest BCUT2D eigenvalue weighted by atomic mass is 10.1. The first-order chi connectivity index (χ1) is 8.70. The van der Waals surface area contributed by atoms with Crippen molar-refractivity contribution in [2.24, 2.45) is 0 Å². The maximum absolute atomic E-state index is 12.0. The summed E-state index contributed by atoms with van der Waals surface area (Å²) in [5, 5.41) is 0. The summed E-state index contributed by atoms with van der Waals surface area (Å²) in [4.78, 5) is 16.1. The first-order valence-corrected chi connectivity index (χ1v) is 5.90. The summed E-state index contributed by atoms with van der Waals surface area (Å²) in [7, 11) is 3.98. The van der Waals surface area contributed by atoms with E-state index >= 15 is 0 Å². The van der Waals surface area contributed by atoms with Gasteiger partial charge >= 0.3 is 0 Å². The van der Waals surface area contributed by atoms with Gasteiger partial charge in [-0.15, -0.1) is 0 Å². The Labute approximate surface area is 106 Å². The number of fused-ring (bicyclic) bond motifs is 1. The van der Waals surface area contributed by atoms with Crippen LogP contribution in [0.1, 0.15) is 0 Å². The molecule has 3 nitrogen and oxygen atoms in total. The van der Waals surface area contributed by atoms with Crippen LogP contribution in [0.25, 0.3) is 0 Å². The monoisotopic (exact) mass is 238 g/mol. The molecular formula is C15H14N2O. The number of nitrogens with zero attached hydrogens (tertiary/aromatic N) is 2. The molecule has 1 aromatic rings. The highest BCUT2D eigenvalue weighted by Crippen LogP contribution is 2.40. The molecule has 1 aliphatic carbocycles. The van der Waals surface area contributed by atoms with Crippen LogP contribution >= 0.6 is 0 Å². The predicted octanol–water partition coefficient (Wildman–Crippen LogP) is 2.48. The van der Waals surface area contributed by atoms with Crippen molar-refractivity contribution in [1.82, 2.24) is 0 Å². The van der Waals surface area contributed by atoms with E-state index in [-0.39, 0.29) is 5.78 Å². The highest BCUT2D eigenvalue weighted by Gasteiger charge is 2.29. The van der Waals surface area contributed by atoms with Crippen LogP contribution in [0, 0.1) is 0 Å². The summed E-state index contributed by atoms with van der Waals surface area (Å²) in [5.41, 5.74) is 2.98. The van der Waals surface area contributed by atoms with E-state index in [1.165, 1.54) is 0 Å². The number of para-hydroxylation sites is 2. The molecule has 1 heterocycles. The Morgan fingerprint density at radius 2 is 1.44 bits per heavy atom. The molecule has 0 amide bonds. The van der Waals surface area contributed by atoms with Gasteiger partial charge < -0.3 is 9.80 Å². The topological polar surface area (TPSA) is 23.6 Å². The standard InChI is InChI=1S/C15H14N2O/c1-16-12-8-4-5-9-13(12)17(2)15(16)11-7-3-6-10-14(11)18/h3-10H,1-2H3. The molecule has 0 saturated carbocycles. The minimum atomic E-state index is 0.0546. The van der Waals surface area contributed by atoms with Crippen molar-refractivity contribution in [2.45, 2.75) is 0 Å². The number of rotatable bonds is 0. The number of carbonyl (C=O) groups is 1. The van der Waals surface area contributed by atoms with Crippen LogP contribution in [0.5, 0.6) is 0 Å². The Morgan fingerprint density at radius 1 is 0.889 bits per heavy atom. The highest BCUT2D eigenvalue weighted by molar-refractivity contribution is 6.09. The van der Waals surface area contributed by atoms with E-state index in [4.69, 9.17) is 0 Å². The molecule has 0 bridgehead atoms. The number of anilines is 2. The molecule has 0 fully saturated rings. The van der Waals surface area contributed by atoms with E-state index in [0.717, 1.165) is 22.8 Å². The number of ketones is 1. The van der Waals surface area contributed by atoms with Crippen LogP contribution in [0.3, 0.4) is 0 Å². The molecular weight excluding hydrogens is 224 g/mol. The summed E-state index contributed by atoms with van der Waals surface area (Å²) in [6, 6.07) is 8.14. The van der Waals surface area contributed by atoms with Crippen LogP contribution in [0.4, 0.5) is 11.4 Å². The molecule has 3 heteroatoms. The number of allylic oxidation sites excluding steroid dienone is 5. The predicted molar refractivity (Wildman–Crippen MR) is 73.6 cm³/mol. The van der Waals surface area contributed by atoms with Crippen LogP contribution in [-0.2, 0) is 4.79 Å².